The molecule has 1 aromatic rings. The highest BCUT2D eigenvalue weighted by atomic mass is 32.2. The first-order chi connectivity index (χ1) is 6.84. The predicted octanol–water partition coefficient (Wildman–Crippen LogP) is 2.05. The van der Waals surface area contributed by atoms with Crippen LogP contribution in [0.5, 0.6) is 0 Å². The van der Waals surface area contributed by atoms with E-state index in [0.29, 0.717) is 5.92 Å². The molecule has 4 heteroatoms. The largest absolute Gasteiger partial charge is 0.393 e. The molecule has 1 saturated carbocycles. The van der Waals surface area contributed by atoms with Crippen molar-refractivity contribution in [1.82, 2.24) is 9.97 Å². The molecule has 2 N–H and O–H groups in total. The second-order valence-corrected chi connectivity index (χ2v) is 4.90. The van der Waals surface area contributed by atoms with Gasteiger partial charge in [-0.15, -0.1) is 0 Å². The summed E-state index contributed by atoms with van der Waals surface area (Å²) in [5.74, 6) is 1.73. The molecule has 0 bridgehead atoms. The van der Waals surface area contributed by atoms with Gasteiger partial charge in [0.2, 0.25) is 0 Å². The number of nitrogens with one attached hydrogen (secondary N) is 1. The van der Waals surface area contributed by atoms with Gasteiger partial charge >= 0.3 is 0 Å². The second kappa shape index (κ2) is 4.84. The van der Waals surface area contributed by atoms with Crippen LogP contribution in [0.25, 0.3) is 0 Å². The zero-order valence-corrected chi connectivity index (χ0v) is 8.96. The third kappa shape index (κ3) is 2.75. The summed E-state index contributed by atoms with van der Waals surface area (Å²) in [6.07, 6.45) is 7.94. The quantitative estimate of drug-likeness (QED) is 0.754. The molecule has 2 atom stereocenters. The van der Waals surface area contributed by atoms with E-state index in [9.17, 15) is 5.11 Å². The number of aromatic nitrogens is 2. The summed E-state index contributed by atoms with van der Waals surface area (Å²) in [5, 5.41) is 10.5. The topological polar surface area (TPSA) is 48.9 Å². The van der Waals surface area contributed by atoms with Crippen LogP contribution in [0.1, 0.15) is 25.7 Å². The molecule has 1 fully saturated rings. The van der Waals surface area contributed by atoms with Crippen molar-refractivity contribution >= 4 is 11.8 Å². The van der Waals surface area contributed by atoms with Gasteiger partial charge in [-0.2, -0.15) is 0 Å². The molecule has 2 unspecified atom stereocenters. The lowest BCUT2D eigenvalue weighted by atomic mass is 9.89. The highest BCUT2D eigenvalue weighted by molar-refractivity contribution is 7.99. The highest BCUT2D eigenvalue weighted by Gasteiger charge is 2.20. The summed E-state index contributed by atoms with van der Waals surface area (Å²) in [5.41, 5.74) is 0. The third-order valence-electron chi connectivity index (χ3n) is 2.68. The van der Waals surface area contributed by atoms with Crippen molar-refractivity contribution in [2.45, 2.75) is 36.9 Å². The second-order valence-electron chi connectivity index (χ2n) is 3.89. The first-order valence-corrected chi connectivity index (χ1v) is 6.13. The minimum absolute atomic E-state index is 0.0639. The SMILES string of the molecule is OC1CCCC(CSc2ncc[nH]2)C1. The highest BCUT2D eigenvalue weighted by Crippen LogP contribution is 2.28. The number of hydrogen-bond donors (Lipinski definition) is 2. The molecule has 1 heterocycles. The fourth-order valence-corrected chi connectivity index (χ4v) is 2.92. The van der Waals surface area contributed by atoms with Crippen molar-refractivity contribution in [1.29, 1.82) is 0 Å². The minimum atomic E-state index is -0.0639. The maximum atomic E-state index is 9.50. The number of aliphatic hydroxyl groups is 1. The van der Waals surface area contributed by atoms with Crippen molar-refractivity contribution in [3.8, 4) is 0 Å². The van der Waals surface area contributed by atoms with Crippen molar-refractivity contribution in [2.24, 2.45) is 5.92 Å². The molecular formula is C10H16N2OS. The van der Waals surface area contributed by atoms with Gasteiger partial charge in [0, 0.05) is 18.1 Å². The van der Waals surface area contributed by atoms with Gasteiger partial charge in [-0.25, -0.2) is 4.98 Å². The number of rotatable bonds is 3. The van der Waals surface area contributed by atoms with Crippen LogP contribution in [0.15, 0.2) is 17.6 Å². The first-order valence-electron chi connectivity index (χ1n) is 5.15. The van der Waals surface area contributed by atoms with Gasteiger partial charge < -0.3 is 10.1 Å². The predicted molar refractivity (Wildman–Crippen MR) is 57.3 cm³/mol. The molecule has 1 aliphatic carbocycles. The maximum absolute atomic E-state index is 9.50. The van der Waals surface area contributed by atoms with Gasteiger partial charge in [0.05, 0.1) is 6.10 Å². The lowest BCUT2D eigenvalue weighted by Gasteiger charge is -2.24. The van der Waals surface area contributed by atoms with E-state index < -0.39 is 0 Å². The zero-order chi connectivity index (χ0) is 9.80. The summed E-state index contributed by atoms with van der Waals surface area (Å²) < 4.78 is 0. The van der Waals surface area contributed by atoms with E-state index in [1.54, 1.807) is 18.0 Å². The fourth-order valence-electron chi connectivity index (χ4n) is 1.94. The monoisotopic (exact) mass is 212 g/mol. The lowest BCUT2D eigenvalue weighted by molar-refractivity contribution is 0.107. The van der Waals surface area contributed by atoms with Crippen molar-refractivity contribution < 1.29 is 5.11 Å². The Morgan fingerprint density at radius 3 is 3.21 bits per heavy atom. The number of H-pyrrole nitrogens is 1. The van der Waals surface area contributed by atoms with E-state index in [1.807, 2.05) is 6.20 Å². The Bertz CT molecular complexity index is 263. The van der Waals surface area contributed by atoms with Crippen LogP contribution in [0.2, 0.25) is 0 Å². The molecular weight excluding hydrogens is 196 g/mol. The van der Waals surface area contributed by atoms with Gasteiger partial charge in [-0.1, -0.05) is 18.2 Å². The smallest absolute Gasteiger partial charge is 0.165 e. The van der Waals surface area contributed by atoms with Crippen LogP contribution in [0.4, 0.5) is 0 Å². The molecule has 0 amide bonds. The van der Waals surface area contributed by atoms with E-state index in [1.165, 1.54) is 12.8 Å². The Labute approximate surface area is 88.3 Å². The van der Waals surface area contributed by atoms with Crippen LogP contribution in [0, 0.1) is 5.92 Å². The summed E-state index contributed by atoms with van der Waals surface area (Å²) in [6.45, 7) is 0. The number of aliphatic hydroxyl groups excluding tert-OH is 1. The Morgan fingerprint density at radius 2 is 2.50 bits per heavy atom. The van der Waals surface area contributed by atoms with E-state index >= 15 is 0 Å². The number of imidazole rings is 1. The van der Waals surface area contributed by atoms with Gasteiger partial charge in [0.25, 0.3) is 0 Å². The minimum Gasteiger partial charge on any atom is -0.393 e. The van der Waals surface area contributed by atoms with E-state index in [-0.39, 0.29) is 6.10 Å². The average Bonchev–Trinajstić information content (AvgIpc) is 2.67. The molecule has 2 rings (SSSR count). The molecule has 0 aliphatic heterocycles. The summed E-state index contributed by atoms with van der Waals surface area (Å²) in [4.78, 5) is 7.24. The molecule has 78 valence electrons. The van der Waals surface area contributed by atoms with E-state index in [2.05, 4.69) is 9.97 Å². The van der Waals surface area contributed by atoms with Crippen LogP contribution in [-0.2, 0) is 0 Å². The maximum Gasteiger partial charge on any atom is 0.165 e. The van der Waals surface area contributed by atoms with Crippen LogP contribution in [0.3, 0.4) is 0 Å². The Balaban J connectivity index is 1.75. The number of nitrogens with zero attached hydrogens (tertiary/aromatic N) is 1. The molecule has 0 spiro atoms. The Hall–Kier alpha value is -0.480. The van der Waals surface area contributed by atoms with Gasteiger partial charge in [0.1, 0.15) is 0 Å². The standard InChI is InChI=1S/C10H16N2OS/c13-9-3-1-2-8(6-9)7-14-10-11-4-5-12-10/h4-5,8-9,13H,1-3,6-7H2,(H,11,12). The molecule has 3 nitrogen and oxygen atoms in total. The molecule has 14 heavy (non-hydrogen) atoms. The van der Waals surface area contributed by atoms with Crippen molar-refractivity contribution in [3.63, 3.8) is 0 Å². The number of thioether (sulfide) groups is 1. The fraction of sp³-hybridized carbons (Fsp3) is 0.700. The molecule has 0 saturated heterocycles. The van der Waals surface area contributed by atoms with Gasteiger partial charge in [-0.05, 0) is 25.2 Å². The van der Waals surface area contributed by atoms with E-state index in [4.69, 9.17) is 0 Å². The third-order valence-corrected chi connectivity index (χ3v) is 3.82. The zero-order valence-electron chi connectivity index (χ0n) is 8.15. The van der Waals surface area contributed by atoms with Crippen LogP contribution < -0.4 is 0 Å². The van der Waals surface area contributed by atoms with Gasteiger partial charge in [-0.3, -0.25) is 0 Å². The molecule has 1 aromatic heterocycles. The van der Waals surface area contributed by atoms with Crippen molar-refractivity contribution in [3.05, 3.63) is 12.4 Å². The molecule has 0 aromatic carbocycles. The first kappa shape index (κ1) is 10.1. The summed E-state index contributed by atoms with van der Waals surface area (Å²) >= 11 is 1.76. The summed E-state index contributed by atoms with van der Waals surface area (Å²) in [7, 11) is 0. The molecule has 1 aliphatic rings. The average molecular weight is 212 g/mol. The molecule has 0 radical (unpaired) electrons. The van der Waals surface area contributed by atoms with Crippen LogP contribution >= 0.6 is 11.8 Å². The van der Waals surface area contributed by atoms with Crippen LogP contribution in [-0.4, -0.2) is 26.9 Å². The normalized spacial score (nSPS) is 27.8. The van der Waals surface area contributed by atoms with Crippen molar-refractivity contribution in [2.75, 3.05) is 5.75 Å². The number of aromatic amines is 1. The lowest BCUT2D eigenvalue weighted by Crippen LogP contribution is -2.20. The summed E-state index contributed by atoms with van der Waals surface area (Å²) in [6, 6.07) is 0. The Morgan fingerprint density at radius 1 is 1.57 bits per heavy atom. The van der Waals surface area contributed by atoms with Gasteiger partial charge in [0.15, 0.2) is 5.16 Å². The number of hydrogen-bond acceptors (Lipinski definition) is 3. The Kier molecular flexibility index (Phi) is 3.48. The van der Waals surface area contributed by atoms with E-state index in [0.717, 1.165) is 23.8 Å².